The molecule has 94 valence electrons. The number of nitrogens with two attached hydrogens (primary N) is 1. The van der Waals surface area contributed by atoms with Gasteiger partial charge < -0.3 is 15.5 Å². The van der Waals surface area contributed by atoms with E-state index in [9.17, 15) is 4.79 Å². The summed E-state index contributed by atoms with van der Waals surface area (Å²) in [5.74, 6) is 0.329. The van der Waals surface area contributed by atoms with Crippen LogP contribution >= 0.6 is 11.3 Å². The molecule has 1 aromatic rings. The second-order valence-electron chi connectivity index (χ2n) is 4.22. The molecule has 6 heteroatoms. The van der Waals surface area contributed by atoms with Crippen LogP contribution in [0.5, 0.6) is 0 Å². The molecular weight excluding hydrogens is 236 g/mol. The molecule has 0 bridgehead atoms. The van der Waals surface area contributed by atoms with Crippen LogP contribution in [0.25, 0.3) is 0 Å². The zero-order chi connectivity index (χ0) is 12.4. The molecule has 0 unspecified atom stereocenters. The van der Waals surface area contributed by atoms with Crippen LogP contribution < -0.4 is 10.6 Å². The van der Waals surface area contributed by atoms with Crippen LogP contribution in [0.1, 0.15) is 29.4 Å². The predicted molar refractivity (Wildman–Crippen MR) is 70.6 cm³/mol. The molecule has 0 aromatic carbocycles. The first-order valence-corrected chi connectivity index (χ1v) is 6.71. The summed E-state index contributed by atoms with van der Waals surface area (Å²) in [5.41, 5.74) is 5.83. The zero-order valence-corrected chi connectivity index (χ0v) is 11.1. The Hall–Kier alpha value is -1.30. The van der Waals surface area contributed by atoms with E-state index in [2.05, 4.69) is 9.88 Å². The number of carbonyl (C=O) groups excluding carboxylic acids is 1. The lowest BCUT2D eigenvalue weighted by molar-refractivity contribution is 0.0808. The van der Waals surface area contributed by atoms with Crippen molar-refractivity contribution in [2.45, 2.75) is 19.8 Å². The molecule has 17 heavy (non-hydrogen) atoms. The Morgan fingerprint density at radius 2 is 2.18 bits per heavy atom. The van der Waals surface area contributed by atoms with Crippen molar-refractivity contribution < 1.29 is 4.79 Å². The van der Waals surface area contributed by atoms with Gasteiger partial charge in [0.05, 0.1) is 0 Å². The van der Waals surface area contributed by atoms with Crippen LogP contribution in [-0.2, 0) is 0 Å². The van der Waals surface area contributed by atoms with Crippen molar-refractivity contribution in [2.24, 2.45) is 0 Å². The van der Waals surface area contributed by atoms with Crippen molar-refractivity contribution in [2.75, 3.05) is 37.3 Å². The fourth-order valence-electron chi connectivity index (χ4n) is 1.83. The van der Waals surface area contributed by atoms with Gasteiger partial charge >= 0.3 is 0 Å². The van der Waals surface area contributed by atoms with E-state index in [1.807, 2.05) is 6.92 Å². The Bertz CT molecular complexity index is 412. The van der Waals surface area contributed by atoms with E-state index in [0.29, 0.717) is 17.2 Å². The van der Waals surface area contributed by atoms with E-state index in [-0.39, 0.29) is 5.91 Å². The molecule has 0 saturated carbocycles. The smallest absolute Gasteiger partial charge is 0.267 e. The maximum Gasteiger partial charge on any atom is 0.267 e. The van der Waals surface area contributed by atoms with E-state index in [0.717, 1.165) is 18.2 Å². The average Bonchev–Trinajstić information content (AvgIpc) is 2.95. The van der Waals surface area contributed by atoms with Crippen LogP contribution in [-0.4, -0.2) is 42.5 Å². The molecule has 2 heterocycles. The molecule has 1 aliphatic rings. The molecule has 1 aromatic heterocycles. The van der Waals surface area contributed by atoms with Crippen LogP contribution in [0.4, 0.5) is 10.9 Å². The Kier molecular flexibility index (Phi) is 3.51. The summed E-state index contributed by atoms with van der Waals surface area (Å²) in [6, 6.07) is 0. The SMILES string of the molecule is CCN(C)C(=O)c1sc(N2CCCC2)nc1N. The largest absolute Gasteiger partial charge is 0.382 e. The van der Waals surface area contributed by atoms with Crippen molar-refractivity contribution in [1.82, 2.24) is 9.88 Å². The molecule has 1 fully saturated rings. The minimum absolute atomic E-state index is 0.0343. The molecule has 0 spiro atoms. The van der Waals surface area contributed by atoms with Gasteiger partial charge in [-0.3, -0.25) is 4.79 Å². The lowest BCUT2D eigenvalue weighted by atomic mass is 10.4. The van der Waals surface area contributed by atoms with Crippen molar-refractivity contribution in [3.8, 4) is 0 Å². The second-order valence-corrected chi connectivity index (χ2v) is 5.20. The fourth-order valence-corrected chi connectivity index (χ4v) is 2.87. The molecule has 0 atom stereocenters. The van der Waals surface area contributed by atoms with E-state index in [1.54, 1.807) is 11.9 Å². The minimum atomic E-state index is -0.0343. The number of hydrogen-bond acceptors (Lipinski definition) is 5. The third-order valence-electron chi connectivity index (χ3n) is 3.03. The maximum atomic E-state index is 12.0. The summed E-state index contributed by atoms with van der Waals surface area (Å²) >= 11 is 1.41. The van der Waals surface area contributed by atoms with Gasteiger partial charge in [0, 0.05) is 26.7 Å². The standard InChI is InChI=1S/C11H18N4OS/c1-3-14(2)10(16)8-9(12)13-11(17-8)15-6-4-5-7-15/h3-7,12H2,1-2H3. The highest BCUT2D eigenvalue weighted by atomic mass is 32.1. The number of carbonyl (C=O) groups is 1. The minimum Gasteiger partial charge on any atom is -0.382 e. The molecule has 0 aliphatic carbocycles. The van der Waals surface area contributed by atoms with Crippen molar-refractivity contribution >= 4 is 28.2 Å². The number of aromatic nitrogens is 1. The summed E-state index contributed by atoms with van der Waals surface area (Å²) in [6.07, 6.45) is 2.38. The maximum absolute atomic E-state index is 12.0. The summed E-state index contributed by atoms with van der Waals surface area (Å²) in [5, 5.41) is 0.882. The lowest BCUT2D eigenvalue weighted by Crippen LogP contribution is -2.26. The Labute approximate surface area is 105 Å². The monoisotopic (exact) mass is 254 g/mol. The molecular formula is C11H18N4OS. The number of thiazole rings is 1. The van der Waals surface area contributed by atoms with Gasteiger partial charge in [-0.1, -0.05) is 11.3 Å². The van der Waals surface area contributed by atoms with Crippen LogP contribution in [0.15, 0.2) is 0 Å². The lowest BCUT2D eigenvalue weighted by Gasteiger charge is -2.13. The molecule has 1 aliphatic heterocycles. The summed E-state index contributed by atoms with van der Waals surface area (Å²) in [6.45, 7) is 4.65. The fraction of sp³-hybridized carbons (Fsp3) is 0.636. The van der Waals surface area contributed by atoms with Crippen LogP contribution in [0, 0.1) is 0 Å². The number of anilines is 2. The Morgan fingerprint density at radius 1 is 1.53 bits per heavy atom. The van der Waals surface area contributed by atoms with Crippen molar-refractivity contribution in [1.29, 1.82) is 0 Å². The highest BCUT2D eigenvalue weighted by Gasteiger charge is 2.22. The van der Waals surface area contributed by atoms with Gasteiger partial charge in [-0.25, -0.2) is 4.98 Å². The first kappa shape index (κ1) is 12.2. The van der Waals surface area contributed by atoms with Crippen LogP contribution in [0.3, 0.4) is 0 Å². The number of nitrogens with zero attached hydrogens (tertiary/aromatic N) is 3. The Balaban J connectivity index is 2.21. The quantitative estimate of drug-likeness (QED) is 0.886. The molecule has 1 saturated heterocycles. The van der Waals surface area contributed by atoms with Crippen molar-refractivity contribution in [3.05, 3.63) is 4.88 Å². The first-order chi connectivity index (χ1) is 8.13. The third kappa shape index (κ3) is 2.36. The topological polar surface area (TPSA) is 62.5 Å². The second kappa shape index (κ2) is 4.91. The number of hydrogen-bond donors (Lipinski definition) is 1. The molecule has 5 nitrogen and oxygen atoms in total. The van der Waals surface area contributed by atoms with Gasteiger partial charge in [-0.05, 0) is 19.8 Å². The average molecular weight is 254 g/mol. The predicted octanol–water partition coefficient (Wildman–Crippen LogP) is 1.42. The summed E-state index contributed by atoms with van der Waals surface area (Å²) in [4.78, 5) is 20.7. The van der Waals surface area contributed by atoms with E-state index < -0.39 is 0 Å². The summed E-state index contributed by atoms with van der Waals surface area (Å²) < 4.78 is 0. The van der Waals surface area contributed by atoms with Gasteiger partial charge in [-0.15, -0.1) is 0 Å². The summed E-state index contributed by atoms with van der Waals surface area (Å²) in [7, 11) is 1.77. The van der Waals surface area contributed by atoms with Gasteiger partial charge in [0.25, 0.3) is 5.91 Å². The number of nitrogen functional groups attached to an aromatic ring is 1. The third-order valence-corrected chi connectivity index (χ3v) is 4.15. The Morgan fingerprint density at radius 3 is 2.76 bits per heavy atom. The van der Waals surface area contributed by atoms with E-state index in [4.69, 9.17) is 5.73 Å². The van der Waals surface area contributed by atoms with Crippen LogP contribution in [0.2, 0.25) is 0 Å². The molecule has 0 radical (unpaired) electrons. The van der Waals surface area contributed by atoms with E-state index in [1.165, 1.54) is 24.2 Å². The number of rotatable bonds is 3. The van der Waals surface area contributed by atoms with Gasteiger partial charge in [0.1, 0.15) is 10.7 Å². The van der Waals surface area contributed by atoms with Gasteiger partial charge in [-0.2, -0.15) is 0 Å². The molecule has 1 amide bonds. The highest BCUT2D eigenvalue weighted by molar-refractivity contribution is 7.18. The normalized spacial score (nSPS) is 15.3. The molecule has 2 rings (SSSR count). The zero-order valence-electron chi connectivity index (χ0n) is 10.3. The van der Waals surface area contributed by atoms with Crippen molar-refractivity contribution in [3.63, 3.8) is 0 Å². The van der Waals surface area contributed by atoms with Gasteiger partial charge in [0.2, 0.25) is 0 Å². The highest BCUT2D eigenvalue weighted by Crippen LogP contribution is 2.30. The molecule has 2 N–H and O–H groups in total. The van der Waals surface area contributed by atoms with Gasteiger partial charge in [0.15, 0.2) is 5.13 Å². The van der Waals surface area contributed by atoms with E-state index >= 15 is 0 Å². The first-order valence-electron chi connectivity index (χ1n) is 5.90. The number of amides is 1.